The fourth-order valence-corrected chi connectivity index (χ4v) is 3.43. The number of aryl methyl sites for hydroxylation is 1. The molecule has 2 heterocycles. The lowest BCUT2D eigenvalue weighted by Crippen LogP contribution is -2.52. The first-order chi connectivity index (χ1) is 8.74. The van der Waals surface area contributed by atoms with E-state index < -0.39 is 0 Å². The van der Waals surface area contributed by atoms with Crippen molar-refractivity contribution in [1.82, 2.24) is 15.1 Å². The molecule has 0 spiro atoms. The number of carbonyl (C=O) groups is 1. The number of nitrogens with one attached hydrogen (secondary N) is 1. The quantitative estimate of drug-likeness (QED) is 0.812. The largest absolute Gasteiger partial charge is 0.304 e. The first kappa shape index (κ1) is 11.9. The van der Waals surface area contributed by atoms with Crippen LogP contribution in [0.15, 0.2) is 12.3 Å². The molecule has 18 heavy (non-hydrogen) atoms. The van der Waals surface area contributed by atoms with E-state index in [9.17, 15) is 4.79 Å². The molecule has 0 aromatic carbocycles. The number of Topliss-reactive ketones (excluding diaryl/α,β-unsaturated/α-hetero) is 1. The smallest absolute Gasteiger partial charge is 0.199 e. The van der Waals surface area contributed by atoms with Crippen molar-refractivity contribution in [2.24, 2.45) is 13.0 Å². The van der Waals surface area contributed by atoms with Gasteiger partial charge in [-0.2, -0.15) is 5.10 Å². The van der Waals surface area contributed by atoms with E-state index in [1.54, 1.807) is 4.68 Å². The van der Waals surface area contributed by atoms with E-state index in [0.717, 1.165) is 12.3 Å². The third-order valence-corrected chi connectivity index (χ3v) is 4.43. The molecule has 98 valence electrons. The van der Waals surface area contributed by atoms with Gasteiger partial charge in [0.2, 0.25) is 0 Å². The summed E-state index contributed by atoms with van der Waals surface area (Å²) in [5.41, 5.74) is 0.601. The Labute approximate surface area is 108 Å². The zero-order valence-electron chi connectivity index (χ0n) is 10.9. The topological polar surface area (TPSA) is 46.9 Å². The third-order valence-electron chi connectivity index (χ3n) is 4.43. The Hall–Kier alpha value is -1.16. The molecule has 1 aliphatic heterocycles. The average Bonchev–Trinajstić information content (AvgIpc) is 2.84. The number of ketones is 1. The summed E-state index contributed by atoms with van der Waals surface area (Å²) in [4.78, 5) is 12.3. The first-order valence-corrected chi connectivity index (χ1v) is 7.04. The van der Waals surface area contributed by atoms with Crippen LogP contribution >= 0.6 is 0 Å². The molecule has 1 aliphatic carbocycles. The lowest BCUT2D eigenvalue weighted by atomic mass is 9.77. The Balaban J connectivity index is 1.68. The maximum Gasteiger partial charge on any atom is 0.199 e. The Morgan fingerprint density at radius 1 is 1.33 bits per heavy atom. The summed E-state index contributed by atoms with van der Waals surface area (Å²) < 4.78 is 1.69. The van der Waals surface area contributed by atoms with Crippen molar-refractivity contribution in [2.75, 3.05) is 0 Å². The highest BCUT2D eigenvalue weighted by atomic mass is 16.1. The standard InChI is InChI=1S/C14H21N3O/c1-17-9-8-13(16-17)14(18)12-7-6-10-4-2-3-5-11(10)15-12/h8-12,15H,2-7H2,1H3. The van der Waals surface area contributed by atoms with E-state index in [1.807, 2.05) is 19.3 Å². The molecule has 1 saturated heterocycles. The minimum Gasteiger partial charge on any atom is -0.304 e. The van der Waals surface area contributed by atoms with Gasteiger partial charge < -0.3 is 5.32 Å². The van der Waals surface area contributed by atoms with Crippen molar-refractivity contribution in [1.29, 1.82) is 0 Å². The van der Waals surface area contributed by atoms with Gasteiger partial charge in [-0.1, -0.05) is 12.8 Å². The van der Waals surface area contributed by atoms with Gasteiger partial charge in [0.1, 0.15) is 5.69 Å². The number of rotatable bonds is 2. The van der Waals surface area contributed by atoms with E-state index in [2.05, 4.69) is 10.4 Å². The second-order valence-electron chi connectivity index (χ2n) is 5.69. The Morgan fingerprint density at radius 3 is 2.94 bits per heavy atom. The normalized spacial score (nSPS) is 31.9. The van der Waals surface area contributed by atoms with Crippen LogP contribution in [0.25, 0.3) is 0 Å². The van der Waals surface area contributed by atoms with Crippen molar-refractivity contribution in [2.45, 2.75) is 50.6 Å². The molecule has 0 amide bonds. The summed E-state index contributed by atoms with van der Waals surface area (Å²) >= 11 is 0. The number of carbonyl (C=O) groups excluding carboxylic acids is 1. The summed E-state index contributed by atoms with van der Waals surface area (Å²) in [5.74, 6) is 0.964. The lowest BCUT2D eigenvalue weighted by molar-refractivity contribution is 0.0856. The van der Waals surface area contributed by atoms with Gasteiger partial charge in [-0.15, -0.1) is 0 Å². The molecule has 1 aromatic heterocycles. The third kappa shape index (κ3) is 2.21. The van der Waals surface area contributed by atoms with Crippen molar-refractivity contribution >= 4 is 5.78 Å². The van der Waals surface area contributed by atoms with Gasteiger partial charge in [-0.05, 0) is 37.7 Å². The predicted molar refractivity (Wildman–Crippen MR) is 69.4 cm³/mol. The second kappa shape index (κ2) is 4.84. The summed E-state index contributed by atoms with van der Waals surface area (Å²) in [6, 6.07) is 2.36. The number of hydrogen-bond acceptors (Lipinski definition) is 3. The fourth-order valence-electron chi connectivity index (χ4n) is 3.43. The van der Waals surface area contributed by atoms with E-state index in [4.69, 9.17) is 0 Å². The highest BCUT2D eigenvalue weighted by Crippen LogP contribution is 2.32. The van der Waals surface area contributed by atoms with Gasteiger partial charge in [-0.3, -0.25) is 9.48 Å². The molecular weight excluding hydrogens is 226 g/mol. The van der Waals surface area contributed by atoms with Crippen LogP contribution in [0.1, 0.15) is 49.0 Å². The van der Waals surface area contributed by atoms with Crippen LogP contribution in [-0.2, 0) is 7.05 Å². The van der Waals surface area contributed by atoms with E-state index in [0.29, 0.717) is 11.7 Å². The summed E-state index contributed by atoms with van der Waals surface area (Å²) in [6.45, 7) is 0. The maximum absolute atomic E-state index is 12.3. The van der Waals surface area contributed by atoms with E-state index in [1.165, 1.54) is 32.1 Å². The zero-order valence-corrected chi connectivity index (χ0v) is 10.9. The van der Waals surface area contributed by atoms with Gasteiger partial charge in [-0.25, -0.2) is 0 Å². The van der Waals surface area contributed by atoms with Gasteiger partial charge in [0, 0.05) is 19.3 Å². The first-order valence-electron chi connectivity index (χ1n) is 7.04. The van der Waals surface area contributed by atoms with E-state index in [-0.39, 0.29) is 11.8 Å². The van der Waals surface area contributed by atoms with Crippen LogP contribution in [-0.4, -0.2) is 27.6 Å². The van der Waals surface area contributed by atoms with E-state index >= 15 is 0 Å². The number of nitrogens with zero attached hydrogens (tertiary/aromatic N) is 2. The molecule has 3 atom stereocenters. The average molecular weight is 247 g/mol. The summed E-state index contributed by atoms with van der Waals surface area (Å²) in [7, 11) is 1.85. The molecule has 4 nitrogen and oxygen atoms in total. The SMILES string of the molecule is Cn1ccc(C(=O)C2CCC3CCCCC3N2)n1. The highest BCUT2D eigenvalue weighted by molar-refractivity contribution is 5.98. The molecule has 2 fully saturated rings. The van der Waals surface area contributed by atoms with Crippen molar-refractivity contribution in [3.63, 3.8) is 0 Å². The number of piperidine rings is 1. The predicted octanol–water partition coefficient (Wildman–Crippen LogP) is 1.91. The molecule has 1 aromatic rings. The van der Waals surface area contributed by atoms with Crippen LogP contribution in [0.3, 0.4) is 0 Å². The minimum atomic E-state index is -0.0146. The second-order valence-corrected chi connectivity index (χ2v) is 5.69. The summed E-state index contributed by atoms with van der Waals surface area (Å²) in [6.07, 6.45) is 9.23. The Kier molecular flexibility index (Phi) is 3.20. The molecule has 3 rings (SSSR count). The monoisotopic (exact) mass is 247 g/mol. The lowest BCUT2D eigenvalue weighted by Gasteiger charge is -2.39. The van der Waals surface area contributed by atoms with Gasteiger partial charge in [0.25, 0.3) is 0 Å². The number of fused-ring (bicyclic) bond motifs is 1. The molecular formula is C14H21N3O. The Bertz CT molecular complexity index is 440. The molecule has 1 saturated carbocycles. The van der Waals surface area contributed by atoms with Crippen LogP contribution in [0.2, 0.25) is 0 Å². The molecule has 2 aliphatic rings. The summed E-state index contributed by atoms with van der Waals surface area (Å²) in [5, 5.41) is 7.78. The molecule has 3 unspecified atom stereocenters. The molecule has 0 bridgehead atoms. The van der Waals surface area contributed by atoms with Gasteiger partial charge >= 0.3 is 0 Å². The van der Waals surface area contributed by atoms with Crippen LogP contribution in [0.5, 0.6) is 0 Å². The number of aromatic nitrogens is 2. The molecule has 0 radical (unpaired) electrons. The van der Waals surface area contributed by atoms with Crippen LogP contribution in [0.4, 0.5) is 0 Å². The van der Waals surface area contributed by atoms with Gasteiger partial charge in [0.15, 0.2) is 5.78 Å². The number of hydrogen-bond donors (Lipinski definition) is 1. The van der Waals surface area contributed by atoms with Crippen molar-refractivity contribution in [3.8, 4) is 0 Å². The Morgan fingerprint density at radius 2 is 2.17 bits per heavy atom. The highest BCUT2D eigenvalue weighted by Gasteiger charge is 2.35. The van der Waals surface area contributed by atoms with Crippen molar-refractivity contribution < 1.29 is 4.79 Å². The molecule has 1 N–H and O–H groups in total. The van der Waals surface area contributed by atoms with Crippen LogP contribution in [0, 0.1) is 5.92 Å². The fraction of sp³-hybridized carbons (Fsp3) is 0.714. The molecule has 4 heteroatoms. The minimum absolute atomic E-state index is 0.0146. The van der Waals surface area contributed by atoms with Gasteiger partial charge in [0.05, 0.1) is 6.04 Å². The van der Waals surface area contributed by atoms with Crippen LogP contribution < -0.4 is 5.32 Å². The maximum atomic E-state index is 12.3. The zero-order chi connectivity index (χ0) is 12.5. The van der Waals surface area contributed by atoms with Crippen molar-refractivity contribution in [3.05, 3.63) is 18.0 Å².